The second-order valence-electron chi connectivity index (χ2n) is 5.54. The topological polar surface area (TPSA) is 20.3 Å². The highest BCUT2D eigenvalue weighted by atomic mass is 19.1. The number of piperidine rings is 1. The van der Waals surface area contributed by atoms with Crippen molar-refractivity contribution < 1.29 is 13.6 Å². The molecule has 2 rings (SSSR count). The van der Waals surface area contributed by atoms with E-state index in [1.54, 1.807) is 0 Å². The Morgan fingerprint density at radius 3 is 2.38 bits per heavy atom. The number of carbonyl (C=O) groups is 1. The summed E-state index contributed by atoms with van der Waals surface area (Å²) in [5.74, 6) is -1.95. The Morgan fingerprint density at radius 1 is 1.05 bits per heavy atom. The van der Waals surface area contributed by atoms with Gasteiger partial charge < -0.3 is 4.90 Å². The molecule has 0 unspecified atom stereocenters. The fourth-order valence-electron chi connectivity index (χ4n) is 2.71. The van der Waals surface area contributed by atoms with Crippen molar-refractivity contribution in [1.29, 1.82) is 0 Å². The van der Waals surface area contributed by atoms with Crippen molar-refractivity contribution in [3.63, 3.8) is 0 Å². The van der Waals surface area contributed by atoms with Gasteiger partial charge in [0.1, 0.15) is 11.6 Å². The summed E-state index contributed by atoms with van der Waals surface area (Å²) in [4.78, 5) is 14.3. The Hall–Kier alpha value is -1.29. The van der Waals surface area contributed by atoms with Gasteiger partial charge in [0, 0.05) is 6.42 Å². The van der Waals surface area contributed by atoms with Crippen molar-refractivity contribution in [2.45, 2.75) is 38.5 Å². The Balaban J connectivity index is 1.67. The van der Waals surface area contributed by atoms with Crippen molar-refractivity contribution in [1.82, 2.24) is 4.90 Å². The third kappa shape index (κ3) is 4.88. The second-order valence-corrected chi connectivity index (χ2v) is 5.54. The number of likely N-dealkylation sites (tertiary alicyclic amines) is 1. The molecule has 0 aliphatic carbocycles. The Bertz CT molecular complexity index is 450. The highest BCUT2D eigenvalue weighted by molar-refractivity contribution is 5.96. The lowest BCUT2D eigenvalue weighted by Gasteiger charge is -2.26. The van der Waals surface area contributed by atoms with Crippen LogP contribution in [0.3, 0.4) is 0 Å². The van der Waals surface area contributed by atoms with Crippen LogP contribution >= 0.6 is 0 Å². The van der Waals surface area contributed by atoms with Gasteiger partial charge in [0.05, 0.1) is 5.56 Å². The van der Waals surface area contributed by atoms with E-state index in [-0.39, 0.29) is 12.0 Å². The summed E-state index contributed by atoms with van der Waals surface area (Å²) >= 11 is 0. The molecule has 1 aliphatic heterocycles. The molecule has 2 nitrogen and oxygen atoms in total. The molecule has 0 amide bonds. The first-order valence-corrected chi connectivity index (χ1v) is 7.69. The number of carbonyl (C=O) groups excluding carboxylic acids is 1. The molecule has 4 heteroatoms. The molecular weight excluding hydrogens is 272 g/mol. The third-order valence-electron chi connectivity index (χ3n) is 3.92. The van der Waals surface area contributed by atoms with Crippen LogP contribution < -0.4 is 0 Å². The predicted octanol–water partition coefficient (Wildman–Crippen LogP) is 4.01. The maximum atomic E-state index is 13.4. The van der Waals surface area contributed by atoms with Crippen LogP contribution in [0.1, 0.15) is 48.9 Å². The summed E-state index contributed by atoms with van der Waals surface area (Å²) in [7, 11) is 0. The molecule has 0 aromatic heterocycles. The molecule has 0 bridgehead atoms. The minimum absolute atomic E-state index is 0.214. The lowest BCUT2D eigenvalue weighted by Crippen LogP contribution is -2.30. The van der Waals surface area contributed by atoms with Crippen LogP contribution in [0.15, 0.2) is 18.2 Å². The molecule has 0 N–H and O–H groups in total. The molecular formula is C17H22F2NO. The van der Waals surface area contributed by atoms with Crippen molar-refractivity contribution >= 4 is 5.78 Å². The number of ketones is 1. The van der Waals surface area contributed by atoms with E-state index in [1.165, 1.54) is 6.07 Å². The van der Waals surface area contributed by atoms with Gasteiger partial charge >= 0.3 is 0 Å². The molecule has 1 aromatic carbocycles. The van der Waals surface area contributed by atoms with Gasteiger partial charge in [0.2, 0.25) is 0 Å². The molecule has 115 valence electrons. The van der Waals surface area contributed by atoms with Gasteiger partial charge in [0.15, 0.2) is 5.78 Å². The molecule has 1 radical (unpaired) electrons. The molecule has 0 spiro atoms. The number of Topliss-reactive ketones (excluding diaryl/α,β-unsaturated/α-hetero) is 1. The van der Waals surface area contributed by atoms with Crippen molar-refractivity contribution in [3.8, 4) is 0 Å². The molecule has 1 aliphatic rings. The maximum Gasteiger partial charge on any atom is 0.168 e. The van der Waals surface area contributed by atoms with E-state index in [2.05, 4.69) is 11.3 Å². The Morgan fingerprint density at radius 2 is 1.71 bits per heavy atom. The first-order chi connectivity index (χ1) is 10.2. The predicted molar refractivity (Wildman–Crippen MR) is 79.1 cm³/mol. The number of benzene rings is 1. The van der Waals surface area contributed by atoms with Crippen LogP contribution in [-0.4, -0.2) is 30.3 Å². The fraction of sp³-hybridized carbons (Fsp3) is 0.529. The van der Waals surface area contributed by atoms with E-state index in [4.69, 9.17) is 0 Å². The average Bonchev–Trinajstić information content (AvgIpc) is 2.48. The normalized spacial score (nSPS) is 16.1. The maximum absolute atomic E-state index is 13.4. The van der Waals surface area contributed by atoms with Crippen LogP contribution in [0.4, 0.5) is 8.78 Å². The summed E-state index contributed by atoms with van der Waals surface area (Å²) in [6.45, 7) is 3.30. The summed E-state index contributed by atoms with van der Waals surface area (Å²) < 4.78 is 26.9. The van der Waals surface area contributed by atoms with E-state index >= 15 is 0 Å². The molecule has 1 heterocycles. The zero-order valence-electron chi connectivity index (χ0n) is 12.3. The van der Waals surface area contributed by atoms with E-state index in [9.17, 15) is 13.6 Å². The monoisotopic (exact) mass is 294 g/mol. The van der Waals surface area contributed by atoms with Gasteiger partial charge in [-0.1, -0.05) is 12.5 Å². The molecule has 1 fully saturated rings. The van der Waals surface area contributed by atoms with Crippen LogP contribution in [0.5, 0.6) is 0 Å². The smallest absolute Gasteiger partial charge is 0.168 e. The Kier molecular flexibility index (Phi) is 6.30. The van der Waals surface area contributed by atoms with E-state index < -0.39 is 17.4 Å². The second kappa shape index (κ2) is 8.23. The zero-order chi connectivity index (χ0) is 15.1. The zero-order valence-corrected chi connectivity index (χ0v) is 12.3. The minimum Gasteiger partial charge on any atom is -0.303 e. The van der Waals surface area contributed by atoms with Crippen LogP contribution in [0, 0.1) is 18.1 Å². The van der Waals surface area contributed by atoms with E-state index in [0.717, 1.165) is 57.5 Å². The number of halogens is 2. The van der Waals surface area contributed by atoms with Gasteiger partial charge in [-0.25, -0.2) is 8.78 Å². The van der Waals surface area contributed by atoms with Crippen molar-refractivity contribution in [3.05, 3.63) is 41.8 Å². The largest absolute Gasteiger partial charge is 0.303 e. The van der Waals surface area contributed by atoms with Crippen molar-refractivity contribution in [2.24, 2.45) is 0 Å². The summed E-state index contributed by atoms with van der Waals surface area (Å²) in [5.41, 5.74) is -0.385. The first-order valence-electron chi connectivity index (χ1n) is 7.69. The van der Waals surface area contributed by atoms with Crippen LogP contribution in [0.2, 0.25) is 0 Å². The summed E-state index contributed by atoms with van der Waals surface area (Å²) in [6.07, 6.45) is 7.49. The lowest BCUT2D eigenvalue weighted by atomic mass is 10.0. The van der Waals surface area contributed by atoms with Crippen LogP contribution in [0.25, 0.3) is 0 Å². The van der Waals surface area contributed by atoms with Gasteiger partial charge in [0.25, 0.3) is 0 Å². The number of rotatable bonds is 7. The molecule has 1 aromatic rings. The number of nitrogens with zero attached hydrogens (tertiary/aromatic N) is 1. The quantitative estimate of drug-likeness (QED) is 0.559. The molecule has 21 heavy (non-hydrogen) atoms. The average molecular weight is 294 g/mol. The van der Waals surface area contributed by atoms with Gasteiger partial charge in [-0.2, -0.15) is 0 Å². The summed E-state index contributed by atoms with van der Waals surface area (Å²) in [5, 5.41) is 0. The minimum atomic E-state index is -0.760. The van der Waals surface area contributed by atoms with Gasteiger partial charge in [-0.05, 0) is 63.9 Å². The summed E-state index contributed by atoms with van der Waals surface area (Å²) in [6, 6.07) is 3.53. The van der Waals surface area contributed by atoms with Gasteiger partial charge in [-0.3, -0.25) is 4.79 Å². The number of unbranched alkanes of at least 4 members (excludes halogenated alkanes) is 2. The highest BCUT2D eigenvalue weighted by Gasteiger charge is 2.16. The van der Waals surface area contributed by atoms with E-state index in [1.807, 2.05) is 0 Å². The highest BCUT2D eigenvalue weighted by Crippen LogP contribution is 2.16. The van der Waals surface area contributed by atoms with Crippen molar-refractivity contribution in [2.75, 3.05) is 19.6 Å². The molecule has 1 saturated heterocycles. The number of hydrogen-bond acceptors (Lipinski definition) is 2. The molecule has 0 saturated carbocycles. The third-order valence-corrected chi connectivity index (χ3v) is 3.92. The van der Waals surface area contributed by atoms with Crippen LogP contribution in [-0.2, 0) is 0 Å². The lowest BCUT2D eigenvalue weighted by molar-refractivity contribution is 0.0970. The molecule has 0 atom stereocenters. The van der Waals surface area contributed by atoms with Gasteiger partial charge in [-0.15, -0.1) is 0 Å². The standard InChI is InChI=1S/C17H22F2NO/c18-14-8-7-9-15(19)17(14)16(21)10-3-1-4-11-20-12-5-2-6-13-20/h2,7-9H,1,3-6,10-13H2. The SMILES string of the molecule is O=C(CCCCCN1CC[CH]CC1)c1c(F)cccc1F. The van der Waals surface area contributed by atoms with E-state index in [0.29, 0.717) is 6.42 Å². The number of hydrogen-bond donors (Lipinski definition) is 0. The fourth-order valence-corrected chi connectivity index (χ4v) is 2.71. The first kappa shape index (κ1) is 16.1. The Labute approximate surface area is 125 Å².